The molecular weight excluding hydrogens is 483 g/mol. The molecule has 0 radical (unpaired) electrons. The van der Waals surface area contributed by atoms with Gasteiger partial charge in [-0.15, -0.1) is 0 Å². The minimum atomic E-state index is -4.61. The predicted octanol–water partition coefficient (Wildman–Crippen LogP) is 6.22. The maximum Gasteiger partial charge on any atom is 0.420 e. The van der Waals surface area contributed by atoms with Gasteiger partial charge in [-0.1, -0.05) is 11.6 Å². The Bertz CT molecular complexity index is 1100. The molecule has 35 heavy (non-hydrogen) atoms. The molecule has 2 heterocycles. The Morgan fingerprint density at radius 1 is 1.20 bits per heavy atom. The van der Waals surface area contributed by atoms with E-state index in [-0.39, 0.29) is 18.1 Å². The highest BCUT2D eigenvalue weighted by Gasteiger charge is 2.35. The summed E-state index contributed by atoms with van der Waals surface area (Å²) in [5.74, 6) is 0.375. The minimum absolute atomic E-state index is 0.0113. The average Bonchev–Trinajstić information content (AvgIpc) is 3.57. The van der Waals surface area contributed by atoms with Gasteiger partial charge in [0.2, 0.25) is 5.95 Å². The van der Waals surface area contributed by atoms with Crippen molar-refractivity contribution in [1.82, 2.24) is 14.9 Å². The molecule has 2 fully saturated rings. The van der Waals surface area contributed by atoms with Crippen LogP contribution in [-0.2, 0) is 10.9 Å². The van der Waals surface area contributed by atoms with Crippen molar-refractivity contribution in [2.45, 2.75) is 64.3 Å². The zero-order valence-corrected chi connectivity index (χ0v) is 20.9. The molecule has 2 aromatic rings. The summed E-state index contributed by atoms with van der Waals surface area (Å²) in [4.78, 5) is 24.1. The van der Waals surface area contributed by atoms with Crippen molar-refractivity contribution in [3.8, 4) is 0 Å². The summed E-state index contributed by atoms with van der Waals surface area (Å²) in [6.45, 7) is 9.43. The molecule has 4 rings (SSSR count). The Morgan fingerprint density at radius 2 is 1.91 bits per heavy atom. The van der Waals surface area contributed by atoms with Crippen LogP contribution in [0.1, 0.15) is 57.6 Å². The van der Waals surface area contributed by atoms with Gasteiger partial charge in [0.05, 0.1) is 0 Å². The topological polar surface area (TPSA) is 70.6 Å². The third-order valence-electron chi connectivity index (χ3n) is 5.97. The van der Waals surface area contributed by atoms with Crippen LogP contribution < -0.4 is 10.2 Å². The van der Waals surface area contributed by atoms with Gasteiger partial charge in [0.1, 0.15) is 16.3 Å². The van der Waals surface area contributed by atoms with Gasteiger partial charge in [-0.25, -0.2) is 14.8 Å². The van der Waals surface area contributed by atoms with Gasteiger partial charge in [-0.2, -0.15) is 13.2 Å². The van der Waals surface area contributed by atoms with Crippen LogP contribution in [0.25, 0.3) is 0 Å². The van der Waals surface area contributed by atoms with E-state index in [1.807, 2.05) is 39.8 Å². The normalized spacial score (nSPS) is 19.0. The quantitative estimate of drug-likeness (QED) is 0.492. The summed E-state index contributed by atoms with van der Waals surface area (Å²) in [6.07, 6.45) is -2.15. The van der Waals surface area contributed by atoms with Crippen molar-refractivity contribution in [2.75, 3.05) is 29.9 Å². The number of hydrogen-bond donors (Lipinski definition) is 1. The molecule has 7 nitrogen and oxygen atoms in total. The molecule has 1 amide bonds. The number of anilines is 3. The van der Waals surface area contributed by atoms with E-state index in [2.05, 4.69) is 26.3 Å². The van der Waals surface area contributed by atoms with Crippen LogP contribution in [0.15, 0.2) is 24.4 Å². The molecule has 1 aliphatic carbocycles. The Hall–Kier alpha value is -2.75. The summed E-state index contributed by atoms with van der Waals surface area (Å²) < 4.78 is 44.4. The van der Waals surface area contributed by atoms with Crippen LogP contribution in [0.2, 0.25) is 5.15 Å². The molecule has 1 aromatic carbocycles. The van der Waals surface area contributed by atoms with Crippen LogP contribution in [-0.4, -0.2) is 52.2 Å². The van der Waals surface area contributed by atoms with Crippen molar-refractivity contribution in [2.24, 2.45) is 0 Å². The first-order valence-corrected chi connectivity index (χ1v) is 11.9. The highest BCUT2D eigenvalue weighted by atomic mass is 35.5. The fourth-order valence-corrected chi connectivity index (χ4v) is 4.34. The highest BCUT2D eigenvalue weighted by molar-refractivity contribution is 6.30. The van der Waals surface area contributed by atoms with E-state index in [9.17, 15) is 18.0 Å². The Balaban J connectivity index is 1.49. The molecule has 1 atom stereocenters. The number of amides is 1. The van der Waals surface area contributed by atoms with Crippen LogP contribution in [0.4, 0.5) is 35.3 Å². The summed E-state index contributed by atoms with van der Waals surface area (Å²) in [5, 5.41) is 2.39. The lowest BCUT2D eigenvalue weighted by molar-refractivity contribution is -0.137. The van der Waals surface area contributed by atoms with Crippen LogP contribution in [0, 0.1) is 0 Å². The third kappa shape index (κ3) is 6.09. The lowest BCUT2D eigenvalue weighted by Crippen LogP contribution is -2.55. The number of benzene rings is 1. The number of piperazine rings is 1. The monoisotopic (exact) mass is 511 g/mol. The Morgan fingerprint density at radius 3 is 2.49 bits per heavy atom. The van der Waals surface area contributed by atoms with Crippen molar-refractivity contribution >= 4 is 35.0 Å². The molecule has 2 aliphatic rings. The van der Waals surface area contributed by atoms with Gasteiger partial charge in [0.25, 0.3) is 0 Å². The molecule has 0 spiro atoms. The van der Waals surface area contributed by atoms with Crippen molar-refractivity contribution in [3.63, 3.8) is 0 Å². The molecule has 0 bridgehead atoms. The largest absolute Gasteiger partial charge is 0.444 e. The fourth-order valence-electron chi connectivity index (χ4n) is 4.11. The smallest absolute Gasteiger partial charge is 0.420 e. The second kappa shape index (κ2) is 9.37. The molecule has 0 unspecified atom stereocenters. The Kier molecular flexibility index (Phi) is 6.78. The number of carbonyl (C=O) groups excluding carboxylic acids is 1. The zero-order valence-electron chi connectivity index (χ0n) is 20.1. The lowest BCUT2D eigenvalue weighted by atomic mass is 10.1. The predicted molar refractivity (Wildman–Crippen MR) is 128 cm³/mol. The number of halogens is 4. The third-order valence-corrected chi connectivity index (χ3v) is 6.26. The van der Waals surface area contributed by atoms with Gasteiger partial charge in [0, 0.05) is 43.2 Å². The van der Waals surface area contributed by atoms with Crippen LogP contribution >= 0.6 is 11.6 Å². The molecule has 11 heteroatoms. The number of nitrogens with one attached hydrogen (secondary N) is 1. The summed E-state index contributed by atoms with van der Waals surface area (Å²) in [5.41, 5.74) is 1.22. The standard InChI is InChI=1S/C24H29ClF3N5O2/c1-14-13-32(9-10-33(14)22(34)35-23(2,3)4)16-7-8-19(17(11-16)15-5-6-15)30-21-29-12-18(20(25)31-21)24(26,27)28/h7-8,11-12,14-15H,5-6,9-10,13H2,1-4H3,(H,29,30,31)/t14-/m0/s1. The molecule has 1 saturated carbocycles. The number of hydrogen-bond acceptors (Lipinski definition) is 6. The van der Waals surface area contributed by atoms with Gasteiger partial charge in [-0.3, -0.25) is 0 Å². The van der Waals surface area contributed by atoms with E-state index in [0.29, 0.717) is 31.7 Å². The first-order chi connectivity index (χ1) is 16.3. The van der Waals surface area contributed by atoms with E-state index < -0.39 is 22.5 Å². The van der Waals surface area contributed by atoms with Crippen LogP contribution in [0.5, 0.6) is 0 Å². The van der Waals surface area contributed by atoms with Crippen molar-refractivity contribution in [1.29, 1.82) is 0 Å². The minimum Gasteiger partial charge on any atom is -0.444 e. The van der Waals surface area contributed by atoms with E-state index in [1.165, 1.54) is 0 Å². The van der Waals surface area contributed by atoms with E-state index in [1.54, 1.807) is 4.90 Å². The van der Waals surface area contributed by atoms with Gasteiger partial charge < -0.3 is 19.9 Å². The molecule has 1 N–H and O–H groups in total. The summed E-state index contributed by atoms with van der Waals surface area (Å²) >= 11 is 5.75. The van der Waals surface area contributed by atoms with E-state index in [0.717, 1.165) is 29.8 Å². The van der Waals surface area contributed by atoms with Gasteiger partial charge in [-0.05, 0) is 70.2 Å². The maximum atomic E-state index is 13.0. The maximum absolute atomic E-state index is 13.0. The molecule has 1 aliphatic heterocycles. The zero-order chi connectivity index (χ0) is 25.5. The fraction of sp³-hybridized carbons (Fsp3) is 0.542. The van der Waals surface area contributed by atoms with Gasteiger partial charge >= 0.3 is 12.3 Å². The first-order valence-electron chi connectivity index (χ1n) is 11.6. The average molecular weight is 512 g/mol. The molecule has 1 aromatic heterocycles. The number of aromatic nitrogens is 2. The molecular formula is C24H29ClF3N5O2. The summed E-state index contributed by atoms with van der Waals surface area (Å²) in [7, 11) is 0. The molecule has 1 saturated heterocycles. The number of nitrogens with zero attached hydrogens (tertiary/aromatic N) is 4. The van der Waals surface area contributed by atoms with Crippen molar-refractivity contribution < 1.29 is 22.7 Å². The number of rotatable bonds is 4. The second-order valence-electron chi connectivity index (χ2n) is 10.0. The first kappa shape index (κ1) is 25.3. The van der Waals surface area contributed by atoms with Crippen molar-refractivity contribution in [3.05, 3.63) is 40.7 Å². The summed E-state index contributed by atoms with van der Waals surface area (Å²) in [6, 6.07) is 5.92. The van der Waals surface area contributed by atoms with Gasteiger partial charge in [0.15, 0.2) is 0 Å². The Labute approximate surface area is 207 Å². The number of carbonyl (C=O) groups is 1. The molecule has 190 valence electrons. The second-order valence-corrected chi connectivity index (χ2v) is 10.4. The van der Waals surface area contributed by atoms with Crippen LogP contribution in [0.3, 0.4) is 0 Å². The van der Waals surface area contributed by atoms with E-state index in [4.69, 9.17) is 16.3 Å². The van der Waals surface area contributed by atoms with E-state index >= 15 is 0 Å². The number of ether oxygens (including phenoxy) is 1. The number of alkyl halides is 3. The SMILES string of the molecule is C[C@H]1CN(c2ccc(Nc3ncc(C(F)(F)F)c(Cl)n3)c(C3CC3)c2)CCN1C(=O)OC(C)(C)C. The highest BCUT2D eigenvalue weighted by Crippen LogP contribution is 2.45. The lowest BCUT2D eigenvalue weighted by Gasteiger charge is -2.41.